The number of aromatic nitrogens is 5. The molecule has 5 rings (SSSR count). The Morgan fingerprint density at radius 3 is 2.59 bits per heavy atom. The monoisotopic (exact) mass is 364 g/mol. The van der Waals surface area contributed by atoms with E-state index in [1.54, 1.807) is 13.3 Å². The molecule has 0 spiro atoms. The molecule has 140 valence electrons. The molecule has 0 aromatic carbocycles. The molecule has 2 aliphatic carbocycles. The number of imidazole rings is 1. The van der Waals surface area contributed by atoms with E-state index >= 15 is 0 Å². The minimum absolute atomic E-state index is 0.481. The van der Waals surface area contributed by atoms with Crippen LogP contribution >= 0.6 is 0 Å². The molecule has 2 fully saturated rings. The molecule has 3 heterocycles. The fourth-order valence-corrected chi connectivity index (χ4v) is 3.83. The predicted molar refractivity (Wildman–Crippen MR) is 104 cm³/mol. The van der Waals surface area contributed by atoms with Gasteiger partial charge in [0.2, 0.25) is 5.88 Å². The summed E-state index contributed by atoms with van der Waals surface area (Å²) in [5.41, 5.74) is 2.68. The van der Waals surface area contributed by atoms with Crippen LogP contribution in [-0.2, 0) is 0 Å². The van der Waals surface area contributed by atoms with Crippen molar-refractivity contribution in [2.75, 3.05) is 12.4 Å². The van der Waals surface area contributed by atoms with Crippen molar-refractivity contribution in [2.45, 2.75) is 57.0 Å². The summed E-state index contributed by atoms with van der Waals surface area (Å²) < 4.78 is 7.43. The van der Waals surface area contributed by atoms with Crippen LogP contribution in [0.1, 0.15) is 51.0 Å². The lowest BCUT2D eigenvalue weighted by atomic mass is 9.95. The first kappa shape index (κ1) is 16.5. The van der Waals surface area contributed by atoms with E-state index in [0.717, 1.165) is 22.5 Å². The summed E-state index contributed by atoms with van der Waals surface area (Å²) in [6.45, 7) is 0. The minimum Gasteiger partial charge on any atom is -0.481 e. The van der Waals surface area contributed by atoms with Gasteiger partial charge in [-0.15, -0.1) is 0 Å². The maximum absolute atomic E-state index is 5.17. The van der Waals surface area contributed by atoms with Crippen LogP contribution in [0.2, 0.25) is 0 Å². The standard InChI is InChI=1S/C20H24N6O/c1-27-16-10-7-13(11-21-16)18-24-19(23-14-8-9-14)17-20(25-18)26(12-22-17)15-5-3-2-4-6-15/h7,10-12,14-15H,2-6,8-9H2,1H3,(H,23,24,25). The van der Waals surface area contributed by atoms with E-state index in [2.05, 4.69) is 19.9 Å². The SMILES string of the molecule is COc1ccc(-c2nc(NC3CC3)c3ncn(C4CCCCC4)c3n2)cn1. The molecule has 2 aliphatic rings. The molecule has 7 nitrogen and oxygen atoms in total. The van der Waals surface area contributed by atoms with E-state index < -0.39 is 0 Å². The van der Waals surface area contributed by atoms with Gasteiger partial charge < -0.3 is 14.6 Å². The van der Waals surface area contributed by atoms with Crippen LogP contribution < -0.4 is 10.1 Å². The third-order valence-electron chi connectivity index (χ3n) is 5.51. The van der Waals surface area contributed by atoms with E-state index in [0.29, 0.717) is 23.8 Å². The Balaban J connectivity index is 1.61. The fraction of sp³-hybridized carbons (Fsp3) is 0.500. The third-order valence-corrected chi connectivity index (χ3v) is 5.51. The lowest BCUT2D eigenvalue weighted by Crippen LogP contribution is -2.13. The van der Waals surface area contributed by atoms with Crippen molar-refractivity contribution in [3.05, 3.63) is 24.7 Å². The van der Waals surface area contributed by atoms with Crippen molar-refractivity contribution in [3.8, 4) is 17.3 Å². The van der Waals surface area contributed by atoms with E-state index in [1.165, 1.54) is 44.9 Å². The quantitative estimate of drug-likeness (QED) is 0.738. The average molecular weight is 364 g/mol. The van der Waals surface area contributed by atoms with E-state index in [-0.39, 0.29) is 0 Å². The highest BCUT2D eigenvalue weighted by Crippen LogP contribution is 2.34. The van der Waals surface area contributed by atoms with Crippen molar-refractivity contribution in [3.63, 3.8) is 0 Å². The van der Waals surface area contributed by atoms with Gasteiger partial charge in [-0.25, -0.2) is 19.9 Å². The molecule has 0 atom stereocenters. The predicted octanol–water partition coefficient (Wildman–Crippen LogP) is 3.98. The molecule has 27 heavy (non-hydrogen) atoms. The van der Waals surface area contributed by atoms with Gasteiger partial charge in [-0.05, 0) is 31.7 Å². The van der Waals surface area contributed by atoms with Crippen molar-refractivity contribution in [1.29, 1.82) is 0 Å². The molecular weight excluding hydrogens is 340 g/mol. The first-order chi connectivity index (χ1) is 13.3. The van der Waals surface area contributed by atoms with Crippen LogP contribution in [0.25, 0.3) is 22.6 Å². The van der Waals surface area contributed by atoms with Gasteiger partial charge in [-0.3, -0.25) is 0 Å². The van der Waals surface area contributed by atoms with Crippen molar-refractivity contribution in [2.24, 2.45) is 0 Å². The highest BCUT2D eigenvalue weighted by molar-refractivity contribution is 5.85. The number of hydrogen-bond donors (Lipinski definition) is 1. The van der Waals surface area contributed by atoms with Crippen LogP contribution in [0.3, 0.4) is 0 Å². The smallest absolute Gasteiger partial charge is 0.212 e. The van der Waals surface area contributed by atoms with Gasteiger partial charge >= 0.3 is 0 Å². The highest BCUT2D eigenvalue weighted by atomic mass is 16.5. The fourth-order valence-electron chi connectivity index (χ4n) is 3.83. The summed E-state index contributed by atoms with van der Waals surface area (Å²) in [6, 6.07) is 4.78. The second kappa shape index (κ2) is 6.79. The summed E-state index contributed by atoms with van der Waals surface area (Å²) in [7, 11) is 1.62. The summed E-state index contributed by atoms with van der Waals surface area (Å²) in [5, 5.41) is 3.54. The van der Waals surface area contributed by atoms with Crippen LogP contribution in [0, 0.1) is 0 Å². The Labute approximate surface area is 158 Å². The first-order valence-corrected chi connectivity index (χ1v) is 9.83. The molecule has 2 saturated carbocycles. The molecule has 0 unspecified atom stereocenters. The van der Waals surface area contributed by atoms with Crippen LogP contribution in [0.15, 0.2) is 24.7 Å². The summed E-state index contributed by atoms with van der Waals surface area (Å²) in [4.78, 5) is 18.7. The van der Waals surface area contributed by atoms with Crippen molar-refractivity contribution in [1.82, 2.24) is 24.5 Å². The number of ether oxygens (including phenoxy) is 1. The average Bonchev–Trinajstić information content (AvgIpc) is 3.44. The zero-order chi connectivity index (χ0) is 18.2. The number of nitrogens with one attached hydrogen (secondary N) is 1. The Morgan fingerprint density at radius 1 is 1.04 bits per heavy atom. The lowest BCUT2D eigenvalue weighted by molar-refractivity contribution is 0.358. The van der Waals surface area contributed by atoms with Gasteiger partial charge in [-0.2, -0.15) is 0 Å². The van der Waals surface area contributed by atoms with Crippen LogP contribution in [0.4, 0.5) is 5.82 Å². The largest absolute Gasteiger partial charge is 0.481 e. The minimum atomic E-state index is 0.481. The molecule has 3 aromatic rings. The van der Waals surface area contributed by atoms with Gasteiger partial charge in [0, 0.05) is 29.9 Å². The summed E-state index contributed by atoms with van der Waals surface area (Å²) in [5.74, 6) is 2.10. The van der Waals surface area contributed by atoms with Gasteiger partial charge in [0.25, 0.3) is 0 Å². The molecule has 0 aliphatic heterocycles. The zero-order valence-electron chi connectivity index (χ0n) is 15.6. The molecular formula is C20H24N6O. The molecule has 0 saturated heterocycles. The number of hydrogen-bond acceptors (Lipinski definition) is 6. The van der Waals surface area contributed by atoms with Crippen LogP contribution in [0.5, 0.6) is 5.88 Å². The molecule has 1 N–H and O–H groups in total. The van der Waals surface area contributed by atoms with E-state index in [4.69, 9.17) is 14.7 Å². The Morgan fingerprint density at radius 2 is 1.89 bits per heavy atom. The van der Waals surface area contributed by atoms with Gasteiger partial charge in [0.05, 0.1) is 13.4 Å². The van der Waals surface area contributed by atoms with Gasteiger partial charge in [-0.1, -0.05) is 19.3 Å². The van der Waals surface area contributed by atoms with Gasteiger partial charge in [0.1, 0.15) is 5.52 Å². The normalized spacial score (nSPS) is 18.0. The molecule has 7 heteroatoms. The van der Waals surface area contributed by atoms with Crippen molar-refractivity contribution >= 4 is 17.0 Å². The summed E-state index contributed by atoms with van der Waals surface area (Å²) in [6.07, 6.45) is 12.4. The van der Waals surface area contributed by atoms with Crippen molar-refractivity contribution < 1.29 is 4.74 Å². The zero-order valence-corrected chi connectivity index (χ0v) is 15.6. The Bertz CT molecular complexity index is 941. The number of rotatable bonds is 5. The third kappa shape index (κ3) is 3.22. The Hall–Kier alpha value is -2.70. The number of pyridine rings is 1. The number of fused-ring (bicyclic) bond motifs is 1. The lowest BCUT2D eigenvalue weighted by Gasteiger charge is -2.23. The summed E-state index contributed by atoms with van der Waals surface area (Å²) >= 11 is 0. The second-order valence-corrected chi connectivity index (χ2v) is 7.52. The van der Waals surface area contributed by atoms with E-state index in [9.17, 15) is 0 Å². The molecule has 0 amide bonds. The molecule has 0 radical (unpaired) electrons. The molecule has 0 bridgehead atoms. The van der Waals surface area contributed by atoms with E-state index in [1.807, 2.05) is 18.5 Å². The maximum atomic E-state index is 5.17. The van der Waals surface area contributed by atoms with Gasteiger partial charge in [0.15, 0.2) is 17.3 Å². The first-order valence-electron chi connectivity index (χ1n) is 9.83. The number of methoxy groups -OCH3 is 1. The Kier molecular flexibility index (Phi) is 4.14. The highest BCUT2D eigenvalue weighted by Gasteiger charge is 2.26. The molecule has 3 aromatic heterocycles. The topological polar surface area (TPSA) is 77.8 Å². The number of nitrogens with zero attached hydrogens (tertiary/aromatic N) is 5. The maximum Gasteiger partial charge on any atom is 0.212 e. The van der Waals surface area contributed by atoms with Crippen LogP contribution in [-0.4, -0.2) is 37.7 Å². The number of anilines is 1. The second-order valence-electron chi connectivity index (χ2n) is 7.52.